The molecular formula is C19H17N3O3S. The number of aromatic nitrogens is 2. The maximum atomic E-state index is 12.4. The van der Waals surface area contributed by atoms with Crippen LogP contribution in [0, 0.1) is 0 Å². The molecule has 0 unspecified atom stereocenters. The van der Waals surface area contributed by atoms with Crippen LogP contribution in [0.4, 0.5) is 0 Å². The molecule has 1 amide bonds. The summed E-state index contributed by atoms with van der Waals surface area (Å²) in [7, 11) is 0. The van der Waals surface area contributed by atoms with Crippen LogP contribution in [0.3, 0.4) is 0 Å². The van der Waals surface area contributed by atoms with E-state index in [0.717, 1.165) is 11.3 Å². The summed E-state index contributed by atoms with van der Waals surface area (Å²) >= 11 is 1.22. The lowest BCUT2D eigenvalue weighted by Crippen LogP contribution is -2.14. The highest BCUT2D eigenvalue weighted by atomic mass is 32.2. The highest BCUT2D eigenvalue weighted by Gasteiger charge is 2.13. The van der Waals surface area contributed by atoms with Crippen molar-refractivity contribution in [3.05, 3.63) is 78.1 Å². The average molecular weight is 367 g/mol. The van der Waals surface area contributed by atoms with Crippen molar-refractivity contribution < 1.29 is 14.3 Å². The van der Waals surface area contributed by atoms with Crippen LogP contribution in [0.2, 0.25) is 0 Å². The Morgan fingerprint density at radius 2 is 1.85 bits per heavy atom. The topological polar surface area (TPSA) is 87.2 Å². The summed E-state index contributed by atoms with van der Waals surface area (Å²) in [4.78, 5) is 24.0. The first kappa shape index (κ1) is 17.8. The van der Waals surface area contributed by atoms with E-state index < -0.39 is 11.9 Å². The van der Waals surface area contributed by atoms with Gasteiger partial charge >= 0.3 is 5.97 Å². The molecule has 0 atom stereocenters. The number of carbonyl (C=O) groups is 2. The van der Waals surface area contributed by atoms with Gasteiger partial charge in [0, 0.05) is 17.3 Å². The lowest BCUT2D eigenvalue weighted by Gasteiger charge is -2.09. The monoisotopic (exact) mass is 367 g/mol. The van der Waals surface area contributed by atoms with Gasteiger partial charge in [0.05, 0.1) is 17.0 Å². The van der Waals surface area contributed by atoms with Gasteiger partial charge in [0.15, 0.2) is 0 Å². The van der Waals surface area contributed by atoms with E-state index in [4.69, 9.17) is 10.5 Å². The number of amides is 1. The third kappa shape index (κ3) is 4.52. The summed E-state index contributed by atoms with van der Waals surface area (Å²) in [6.07, 6.45) is 3.57. The Kier molecular flexibility index (Phi) is 5.70. The van der Waals surface area contributed by atoms with E-state index in [1.165, 1.54) is 11.8 Å². The summed E-state index contributed by atoms with van der Waals surface area (Å²) in [5.74, 6) is -0.761. The predicted octanol–water partition coefficient (Wildman–Crippen LogP) is 2.81. The van der Waals surface area contributed by atoms with Crippen LogP contribution >= 0.6 is 11.8 Å². The van der Waals surface area contributed by atoms with Crippen LogP contribution in [-0.2, 0) is 16.1 Å². The Labute approximate surface area is 155 Å². The van der Waals surface area contributed by atoms with Crippen LogP contribution in [0.25, 0.3) is 5.69 Å². The molecule has 2 N–H and O–H groups in total. The van der Waals surface area contributed by atoms with E-state index in [1.54, 1.807) is 35.1 Å². The maximum Gasteiger partial charge on any atom is 0.339 e. The fourth-order valence-corrected chi connectivity index (χ4v) is 3.08. The second-order valence-electron chi connectivity index (χ2n) is 5.44. The molecule has 3 rings (SSSR count). The summed E-state index contributed by atoms with van der Waals surface area (Å²) in [5.41, 5.74) is 7.39. The first-order valence-corrected chi connectivity index (χ1v) is 8.88. The lowest BCUT2D eigenvalue weighted by molar-refractivity contribution is -0.115. The van der Waals surface area contributed by atoms with E-state index in [1.807, 2.05) is 36.5 Å². The van der Waals surface area contributed by atoms with Gasteiger partial charge in [0.25, 0.3) is 0 Å². The molecule has 0 fully saturated rings. The van der Waals surface area contributed by atoms with Crippen molar-refractivity contribution >= 4 is 23.6 Å². The second kappa shape index (κ2) is 8.35. The van der Waals surface area contributed by atoms with E-state index in [-0.39, 0.29) is 12.4 Å². The Bertz CT molecular complexity index is 893. The van der Waals surface area contributed by atoms with Crippen molar-refractivity contribution in [2.24, 2.45) is 5.73 Å². The number of hydrogen-bond acceptors (Lipinski definition) is 5. The highest BCUT2D eigenvalue weighted by Crippen LogP contribution is 2.23. The molecule has 0 aliphatic carbocycles. The standard InChI is InChI=1S/C19H17N3O3S/c20-18(23)13-26-17-5-2-1-4-16(17)19(24)25-12-14-6-8-15(9-7-14)22-11-3-10-21-22/h1-11H,12-13H2,(H2,20,23). The van der Waals surface area contributed by atoms with Crippen molar-refractivity contribution in [3.63, 3.8) is 0 Å². The average Bonchev–Trinajstić information content (AvgIpc) is 3.20. The zero-order chi connectivity index (χ0) is 18.4. The third-order valence-electron chi connectivity index (χ3n) is 3.55. The molecule has 1 aromatic heterocycles. The van der Waals surface area contributed by atoms with Gasteiger partial charge in [0.1, 0.15) is 6.61 Å². The van der Waals surface area contributed by atoms with Gasteiger partial charge in [-0.1, -0.05) is 24.3 Å². The predicted molar refractivity (Wildman–Crippen MR) is 99.0 cm³/mol. The molecule has 132 valence electrons. The fourth-order valence-electron chi connectivity index (χ4n) is 2.30. The molecule has 0 bridgehead atoms. The number of nitrogens with two attached hydrogens (primary N) is 1. The molecule has 26 heavy (non-hydrogen) atoms. The van der Waals surface area contributed by atoms with Crippen molar-refractivity contribution in [1.82, 2.24) is 9.78 Å². The zero-order valence-corrected chi connectivity index (χ0v) is 14.7. The molecule has 3 aromatic rings. The number of carbonyl (C=O) groups excluding carboxylic acids is 2. The van der Waals surface area contributed by atoms with Crippen LogP contribution in [-0.4, -0.2) is 27.4 Å². The Morgan fingerprint density at radius 1 is 1.08 bits per heavy atom. The summed E-state index contributed by atoms with van der Waals surface area (Å²) < 4.78 is 7.15. The minimum Gasteiger partial charge on any atom is -0.457 e. The number of ether oxygens (including phenoxy) is 1. The highest BCUT2D eigenvalue weighted by molar-refractivity contribution is 8.00. The smallest absolute Gasteiger partial charge is 0.339 e. The van der Waals surface area contributed by atoms with E-state index in [2.05, 4.69) is 5.10 Å². The molecule has 1 heterocycles. The molecule has 7 heteroatoms. The summed E-state index contributed by atoms with van der Waals surface area (Å²) in [6, 6.07) is 16.4. The minimum absolute atomic E-state index is 0.110. The number of benzene rings is 2. The van der Waals surface area contributed by atoms with E-state index in [9.17, 15) is 9.59 Å². The molecule has 0 aliphatic rings. The van der Waals surface area contributed by atoms with Gasteiger partial charge in [0.2, 0.25) is 5.91 Å². The lowest BCUT2D eigenvalue weighted by atomic mass is 10.2. The normalized spacial score (nSPS) is 10.5. The van der Waals surface area contributed by atoms with E-state index >= 15 is 0 Å². The molecule has 0 saturated heterocycles. The number of nitrogens with zero attached hydrogens (tertiary/aromatic N) is 2. The number of esters is 1. The van der Waals surface area contributed by atoms with Gasteiger partial charge in [-0.15, -0.1) is 11.8 Å². The van der Waals surface area contributed by atoms with Crippen LogP contribution in [0.5, 0.6) is 0 Å². The molecule has 0 radical (unpaired) electrons. The number of primary amides is 1. The first-order valence-electron chi connectivity index (χ1n) is 7.90. The quantitative estimate of drug-likeness (QED) is 0.512. The second-order valence-corrected chi connectivity index (χ2v) is 6.46. The van der Waals surface area contributed by atoms with E-state index in [0.29, 0.717) is 10.5 Å². The largest absolute Gasteiger partial charge is 0.457 e. The molecule has 0 spiro atoms. The molecular weight excluding hydrogens is 350 g/mol. The summed E-state index contributed by atoms with van der Waals surface area (Å²) in [5, 5.41) is 4.17. The van der Waals surface area contributed by atoms with Crippen molar-refractivity contribution in [1.29, 1.82) is 0 Å². The Morgan fingerprint density at radius 3 is 2.54 bits per heavy atom. The van der Waals surface area contributed by atoms with Gasteiger partial charge in [-0.05, 0) is 35.9 Å². The molecule has 2 aromatic carbocycles. The summed E-state index contributed by atoms with van der Waals surface area (Å²) in [6.45, 7) is 0.160. The first-order chi connectivity index (χ1) is 12.6. The third-order valence-corrected chi connectivity index (χ3v) is 4.65. The van der Waals surface area contributed by atoms with Gasteiger partial charge in [-0.2, -0.15) is 5.10 Å². The minimum atomic E-state index is -0.436. The fraction of sp³-hybridized carbons (Fsp3) is 0.105. The number of hydrogen-bond donors (Lipinski definition) is 1. The Balaban J connectivity index is 1.63. The molecule has 0 saturated carbocycles. The van der Waals surface area contributed by atoms with Crippen molar-refractivity contribution in [3.8, 4) is 5.69 Å². The van der Waals surface area contributed by atoms with Crippen LogP contribution in [0.15, 0.2) is 71.9 Å². The van der Waals surface area contributed by atoms with Crippen LogP contribution < -0.4 is 5.73 Å². The van der Waals surface area contributed by atoms with Gasteiger partial charge < -0.3 is 10.5 Å². The SMILES string of the molecule is NC(=O)CSc1ccccc1C(=O)OCc1ccc(-n2cccn2)cc1. The Hall–Kier alpha value is -3.06. The molecule has 6 nitrogen and oxygen atoms in total. The van der Waals surface area contributed by atoms with Crippen molar-refractivity contribution in [2.75, 3.05) is 5.75 Å². The maximum absolute atomic E-state index is 12.4. The zero-order valence-electron chi connectivity index (χ0n) is 13.9. The number of rotatable bonds is 7. The number of thioether (sulfide) groups is 1. The van der Waals surface area contributed by atoms with Gasteiger partial charge in [-0.3, -0.25) is 4.79 Å². The van der Waals surface area contributed by atoms with Gasteiger partial charge in [-0.25, -0.2) is 9.48 Å². The van der Waals surface area contributed by atoms with Crippen molar-refractivity contribution in [2.45, 2.75) is 11.5 Å². The molecule has 0 aliphatic heterocycles. The van der Waals surface area contributed by atoms with Crippen LogP contribution in [0.1, 0.15) is 15.9 Å².